The lowest BCUT2D eigenvalue weighted by Gasteiger charge is -2.33. The third kappa shape index (κ3) is 8.81. The minimum Gasteiger partial charge on any atom is -0.343 e. The number of rotatable bonds is 12. The normalized spacial score (nSPS) is 16.9. The molecule has 7 nitrogen and oxygen atoms in total. The molecule has 39 heavy (non-hydrogen) atoms. The first-order chi connectivity index (χ1) is 18.6. The predicted octanol–water partition coefficient (Wildman–Crippen LogP) is 3.34. The third-order valence-corrected chi connectivity index (χ3v) is 7.14. The van der Waals surface area contributed by atoms with Crippen LogP contribution in [0.3, 0.4) is 0 Å². The van der Waals surface area contributed by atoms with Crippen LogP contribution in [0.15, 0.2) is 60.7 Å². The highest BCUT2D eigenvalue weighted by molar-refractivity contribution is 5.90. The van der Waals surface area contributed by atoms with Crippen molar-refractivity contribution in [1.29, 1.82) is 0 Å². The smallest absolute Gasteiger partial charge is 0.343 e. The van der Waals surface area contributed by atoms with Crippen LogP contribution in [-0.2, 0) is 27.2 Å². The number of likely N-dealkylation sites (tertiary alicyclic amines) is 1. The van der Waals surface area contributed by atoms with Gasteiger partial charge in [-0.15, -0.1) is 0 Å². The van der Waals surface area contributed by atoms with Crippen molar-refractivity contribution in [3.8, 4) is 0 Å². The van der Waals surface area contributed by atoms with E-state index in [0.717, 1.165) is 16.0 Å². The number of alkyl halides is 3. The van der Waals surface area contributed by atoms with Crippen LogP contribution in [-0.4, -0.2) is 78.5 Å². The Kier molecular flexibility index (Phi) is 10.9. The zero-order valence-corrected chi connectivity index (χ0v) is 22.4. The first-order valence-corrected chi connectivity index (χ1v) is 13.3. The van der Waals surface area contributed by atoms with E-state index in [2.05, 4.69) is 10.6 Å². The number of nitrogens with zero attached hydrogens (tertiary/aromatic N) is 2. The lowest BCUT2D eigenvalue weighted by atomic mass is 10.0. The molecule has 0 unspecified atom stereocenters. The van der Waals surface area contributed by atoms with E-state index >= 15 is 0 Å². The molecule has 0 radical (unpaired) electrons. The Morgan fingerprint density at radius 3 is 2.15 bits per heavy atom. The van der Waals surface area contributed by atoms with Gasteiger partial charge < -0.3 is 20.4 Å². The number of hydrogen-bond donors (Lipinski definition) is 2. The summed E-state index contributed by atoms with van der Waals surface area (Å²) < 4.78 is 40.4. The molecular formula is C29H37F3N4O3. The molecule has 1 aliphatic rings. The summed E-state index contributed by atoms with van der Waals surface area (Å²) in [5, 5.41) is 5.68. The summed E-state index contributed by atoms with van der Waals surface area (Å²) >= 11 is 0. The number of carbonyl (C=O) groups is 3. The first kappa shape index (κ1) is 30.1. The van der Waals surface area contributed by atoms with Crippen LogP contribution >= 0.6 is 0 Å². The topological polar surface area (TPSA) is 81.8 Å². The van der Waals surface area contributed by atoms with E-state index in [1.54, 1.807) is 43.1 Å². The molecule has 3 rings (SSSR count). The summed E-state index contributed by atoms with van der Waals surface area (Å²) in [6, 6.07) is 16.6. The van der Waals surface area contributed by atoms with Crippen LogP contribution in [0.2, 0.25) is 0 Å². The van der Waals surface area contributed by atoms with Gasteiger partial charge in [0.2, 0.25) is 11.8 Å². The molecule has 2 N–H and O–H groups in total. The highest BCUT2D eigenvalue weighted by atomic mass is 19.4. The van der Waals surface area contributed by atoms with Gasteiger partial charge in [-0.1, -0.05) is 60.7 Å². The van der Waals surface area contributed by atoms with Gasteiger partial charge in [-0.05, 0) is 57.2 Å². The molecule has 2 aromatic rings. The van der Waals surface area contributed by atoms with E-state index in [9.17, 15) is 27.6 Å². The second kappa shape index (κ2) is 14.1. The summed E-state index contributed by atoms with van der Waals surface area (Å²) in [7, 11) is 1.64. The Morgan fingerprint density at radius 1 is 1.00 bits per heavy atom. The van der Waals surface area contributed by atoms with Gasteiger partial charge >= 0.3 is 12.1 Å². The van der Waals surface area contributed by atoms with Crippen molar-refractivity contribution >= 4 is 17.7 Å². The van der Waals surface area contributed by atoms with Crippen LogP contribution in [0.25, 0.3) is 0 Å². The van der Waals surface area contributed by atoms with Crippen molar-refractivity contribution in [2.24, 2.45) is 0 Å². The molecule has 3 amide bonds. The molecule has 1 aliphatic heterocycles. The number of amides is 3. The van der Waals surface area contributed by atoms with Gasteiger partial charge in [0.1, 0.15) is 6.04 Å². The molecule has 0 aromatic heterocycles. The Balaban J connectivity index is 1.76. The maximum absolute atomic E-state index is 13.7. The van der Waals surface area contributed by atoms with E-state index in [-0.39, 0.29) is 31.3 Å². The van der Waals surface area contributed by atoms with Crippen molar-refractivity contribution in [2.75, 3.05) is 26.7 Å². The fourth-order valence-corrected chi connectivity index (χ4v) is 4.77. The Hall–Kier alpha value is -3.40. The number of benzene rings is 2. The molecule has 1 fully saturated rings. The van der Waals surface area contributed by atoms with E-state index < -0.39 is 30.2 Å². The number of hydrogen-bond acceptors (Lipinski definition) is 4. The monoisotopic (exact) mass is 546 g/mol. The average molecular weight is 547 g/mol. The van der Waals surface area contributed by atoms with Gasteiger partial charge in [-0.3, -0.25) is 14.4 Å². The molecule has 0 saturated carbocycles. The minimum absolute atomic E-state index is 0.116. The van der Waals surface area contributed by atoms with Gasteiger partial charge in [0.25, 0.3) is 0 Å². The summed E-state index contributed by atoms with van der Waals surface area (Å²) in [5.41, 5.74) is 1.83. The Labute approximate surface area is 227 Å². The number of halogens is 3. The lowest BCUT2D eigenvalue weighted by molar-refractivity contribution is -0.186. The quantitative estimate of drug-likeness (QED) is 0.428. The molecule has 10 heteroatoms. The van der Waals surface area contributed by atoms with Crippen molar-refractivity contribution in [2.45, 2.75) is 63.3 Å². The fraction of sp³-hybridized carbons (Fsp3) is 0.483. The van der Waals surface area contributed by atoms with Gasteiger partial charge in [0, 0.05) is 25.7 Å². The van der Waals surface area contributed by atoms with Crippen LogP contribution in [0, 0.1) is 0 Å². The van der Waals surface area contributed by atoms with Crippen LogP contribution < -0.4 is 10.6 Å². The number of carbonyl (C=O) groups excluding carboxylic acids is 3. The predicted molar refractivity (Wildman–Crippen MR) is 143 cm³/mol. The van der Waals surface area contributed by atoms with E-state index in [1.165, 1.54) is 0 Å². The Bertz CT molecular complexity index is 1080. The molecule has 0 spiro atoms. The van der Waals surface area contributed by atoms with Gasteiger partial charge in [0.15, 0.2) is 0 Å². The van der Waals surface area contributed by atoms with Crippen LogP contribution in [0.4, 0.5) is 13.2 Å². The number of likely N-dealkylation sites (N-methyl/N-ethyl adjacent to an activating group) is 1. The summed E-state index contributed by atoms with van der Waals surface area (Å²) in [6.07, 6.45) is -2.78. The second-order valence-electron chi connectivity index (χ2n) is 9.91. The SMILES string of the molecule is CN[C@@H](C)C(=O)N[C@@H](CCc1ccccc1)C(=O)N1CCC[C@H]1CN(CCc1ccccc1)C(=O)C(F)(F)F. The molecule has 1 heterocycles. The van der Waals surface area contributed by atoms with E-state index in [0.29, 0.717) is 32.2 Å². The Morgan fingerprint density at radius 2 is 1.59 bits per heavy atom. The summed E-state index contributed by atoms with van der Waals surface area (Å²) in [4.78, 5) is 41.1. The van der Waals surface area contributed by atoms with Gasteiger partial charge in [-0.25, -0.2) is 0 Å². The van der Waals surface area contributed by atoms with Crippen LogP contribution in [0.1, 0.15) is 37.3 Å². The van der Waals surface area contributed by atoms with Crippen molar-refractivity contribution < 1.29 is 27.6 Å². The van der Waals surface area contributed by atoms with Crippen molar-refractivity contribution in [3.63, 3.8) is 0 Å². The van der Waals surface area contributed by atoms with E-state index in [1.807, 2.05) is 36.4 Å². The average Bonchev–Trinajstić information content (AvgIpc) is 3.40. The van der Waals surface area contributed by atoms with E-state index in [4.69, 9.17) is 0 Å². The third-order valence-electron chi connectivity index (χ3n) is 7.14. The first-order valence-electron chi connectivity index (χ1n) is 13.3. The van der Waals surface area contributed by atoms with Gasteiger partial charge in [0.05, 0.1) is 6.04 Å². The maximum atomic E-state index is 13.7. The molecule has 1 saturated heterocycles. The minimum atomic E-state index is -5.01. The molecule has 0 bridgehead atoms. The molecule has 212 valence electrons. The van der Waals surface area contributed by atoms with Gasteiger partial charge in [-0.2, -0.15) is 13.2 Å². The zero-order chi connectivity index (χ0) is 28.4. The molecule has 3 atom stereocenters. The van der Waals surface area contributed by atoms with Crippen molar-refractivity contribution in [3.05, 3.63) is 71.8 Å². The molecule has 2 aromatic carbocycles. The summed E-state index contributed by atoms with van der Waals surface area (Å²) in [5.74, 6) is -2.58. The standard InChI is InChI=1S/C29H37F3N4O3/c1-21(33-2)26(37)34-25(16-15-22-10-5-3-6-11-22)27(38)36-18-9-14-24(36)20-35(28(39)29(30,31)32)19-17-23-12-7-4-8-13-23/h3-8,10-13,21,24-25,33H,9,14-20H2,1-2H3,(H,34,37)/t21-,24-,25-/m0/s1. The molecule has 0 aliphatic carbocycles. The maximum Gasteiger partial charge on any atom is 0.471 e. The number of nitrogens with one attached hydrogen (secondary N) is 2. The van der Waals surface area contributed by atoms with Crippen LogP contribution in [0.5, 0.6) is 0 Å². The lowest BCUT2D eigenvalue weighted by Crippen LogP contribution is -2.55. The highest BCUT2D eigenvalue weighted by Gasteiger charge is 2.44. The largest absolute Gasteiger partial charge is 0.471 e. The second-order valence-corrected chi connectivity index (χ2v) is 9.91. The number of aryl methyl sites for hydroxylation is 1. The summed E-state index contributed by atoms with van der Waals surface area (Å²) in [6.45, 7) is 1.70. The van der Waals surface area contributed by atoms with Crippen molar-refractivity contribution in [1.82, 2.24) is 20.4 Å². The fourth-order valence-electron chi connectivity index (χ4n) is 4.77. The highest BCUT2D eigenvalue weighted by Crippen LogP contribution is 2.24. The zero-order valence-electron chi connectivity index (χ0n) is 22.4. The molecular weight excluding hydrogens is 509 g/mol.